The second kappa shape index (κ2) is 10.1. The van der Waals surface area contributed by atoms with Crippen molar-refractivity contribution in [3.05, 3.63) is 164 Å². The van der Waals surface area contributed by atoms with E-state index in [9.17, 15) is 0 Å². The van der Waals surface area contributed by atoms with E-state index in [1.807, 2.05) is 30.3 Å². The standard InChI is InChI=1S/C44H27N3/c1-2-13-30(14-3-1)43-44(46-38-20-9-8-19-37(38)45-43)36-18-10-15-31-27-32(23-24-33(31)36)47-39-25-21-28-11-4-6-16-34(28)41(39)42-35-17-7-5-12-29(35)22-26-40(42)47/h1-27H. The molecular formula is C44H27N3. The van der Waals surface area contributed by atoms with E-state index >= 15 is 0 Å². The number of aromatic nitrogens is 3. The summed E-state index contributed by atoms with van der Waals surface area (Å²) in [6.45, 7) is 0. The van der Waals surface area contributed by atoms with Crippen LogP contribution in [0.5, 0.6) is 0 Å². The lowest BCUT2D eigenvalue weighted by Crippen LogP contribution is -1.97. The number of para-hydroxylation sites is 2. The molecule has 0 fully saturated rings. The number of benzene rings is 8. The van der Waals surface area contributed by atoms with Crippen LogP contribution in [-0.2, 0) is 0 Å². The average molecular weight is 598 g/mol. The first-order chi connectivity index (χ1) is 23.3. The van der Waals surface area contributed by atoms with Gasteiger partial charge in [0.15, 0.2) is 0 Å². The zero-order valence-corrected chi connectivity index (χ0v) is 25.4. The van der Waals surface area contributed by atoms with Crippen molar-refractivity contribution in [1.29, 1.82) is 0 Å². The minimum atomic E-state index is 0.889. The molecule has 10 rings (SSSR count). The van der Waals surface area contributed by atoms with Crippen LogP contribution in [0.4, 0.5) is 0 Å². The van der Waals surface area contributed by atoms with Gasteiger partial charge < -0.3 is 4.57 Å². The van der Waals surface area contributed by atoms with Crippen molar-refractivity contribution in [2.45, 2.75) is 0 Å². The fourth-order valence-electron chi connectivity index (χ4n) is 7.43. The van der Waals surface area contributed by atoms with E-state index in [1.54, 1.807) is 0 Å². The molecule has 3 nitrogen and oxygen atoms in total. The van der Waals surface area contributed by atoms with Crippen LogP contribution in [0.2, 0.25) is 0 Å². The Bertz CT molecular complexity index is 2750. The third-order valence-corrected chi connectivity index (χ3v) is 9.54. The molecule has 2 heterocycles. The summed E-state index contributed by atoms with van der Waals surface area (Å²) >= 11 is 0. The molecule has 0 saturated carbocycles. The topological polar surface area (TPSA) is 30.7 Å². The van der Waals surface area contributed by atoms with Crippen LogP contribution < -0.4 is 0 Å². The van der Waals surface area contributed by atoms with Gasteiger partial charge in [0.2, 0.25) is 0 Å². The summed E-state index contributed by atoms with van der Waals surface area (Å²) in [5, 5.41) is 9.94. The Hall–Kier alpha value is -6.32. The van der Waals surface area contributed by atoms with E-state index in [0.29, 0.717) is 0 Å². The second-order valence-corrected chi connectivity index (χ2v) is 12.2. The van der Waals surface area contributed by atoms with E-state index in [4.69, 9.17) is 9.97 Å². The third-order valence-electron chi connectivity index (χ3n) is 9.54. The van der Waals surface area contributed by atoms with E-state index < -0.39 is 0 Å². The zero-order chi connectivity index (χ0) is 30.9. The number of hydrogen-bond donors (Lipinski definition) is 0. The van der Waals surface area contributed by atoms with E-state index in [-0.39, 0.29) is 0 Å². The van der Waals surface area contributed by atoms with Gasteiger partial charge in [0, 0.05) is 27.6 Å². The predicted octanol–water partition coefficient (Wildman–Crippen LogP) is 11.5. The minimum absolute atomic E-state index is 0.889. The van der Waals surface area contributed by atoms with E-state index in [0.717, 1.165) is 50.0 Å². The average Bonchev–Trinajstić information content (AvgIpc) is 3.49. The third kappa shape index (κ3) is 3.93. The molecule has 0 saturated heterocycles. The number of hydrogen-bond acceptors (Lipinski definition) is 2. The lowest BCUT2D eigenvalue weighted by molar-refractivity contribution is 1.19. The predicted molar refractivity (Wildman–Crippen MR) is 197 cm³/mol. The summed E-state index contributed by atoms with van der Waals surface area (Å²) in [7, 11) is 0. The molecule has 0 bridgehead atoms. The summed E-state index contributed by atoms with van der Waals surface area (Å²) in [5.41, 5.74) is 9.24. The Balaban J connectivity index is 1.25. The van der Waals surface area contributed by atoms with Crippen LogP contribution >= 0.6 is 0 Å². The molecular weight excluding hydrogens is 571 g/mol. The lowest BCUT2D eigenvalue weighted by Gasteiger charge is -2.14. The van der Waals surface area contributed by atoms with Crippen LogP contribution in [0.1, 0.15) is 0 Å². The van der Waals surface area contributed by atoms with Gasteiger partial charge in [-0.1, -0.05) is 127 Å². The normalized spacial score (nSPS) is 11.8. The van der Waals surface area contributed by atoms with Crippen molar-refractivity contribution in [1.82, 2.24) is 14.5 Å². The summed E-state index contributed by atoms with van der Waals surface area (Å²) in [5.74, 6) is 0. The first-order valence-corrected chi connectivity index (χ1v) is 16.0. The highest BCUT2D eigenvalue weighted by Crippen LogP contribution is 2.42. The Morgan fingerprint density at radius 3 is 1.64 bits per heavy atom. The maximum Gasteiger partial charge on any atom is 0.0979 e. The Morgan fingerprint density at radius 2 is 0.957 bits per heavy atom. The molecule has 0 aliphatic rings. The van der Waals surface area contributed by atoms with Crippen LogP contribution in [0.15, 0.2) is 164 Å². The highest BCUT2D eigenvalue weighted by molar-refractivity contribution is 6.28. The quantitative estimate of drug-likeness (QED) is 0.203. The zero-order valence-electron chi connectivity index (χ0n) is 25.4. The summed E-state index contributed by atoms with van der Waals surface area (Å²) in [6.07, 6.45) is 0. The van der Waals surface area contributed by atoms with Gasteiger partial charge in [-0.15, -0.1) is 0 Å². The van der Waals surface area contributed by atoms with Crippen molar-refractivity contribution in [3.8, 4) is 28.2 Å². The largest absolute Gasteiger partial charge is 0.309 e. The van der Waals surface area contributed by atoms with Crippen molar-refractivity contribution in [2.24, 2.45) is 0 Å². The van der Waals surface area contributed by atoms with Gasteiger partial charge in [0.1, 0.15) is 0 Å². The van der Waals surface area contributed by atoms with E-state index in [2.05, 4.69) is 138 Å². The smallest absolute Gasteiger partial charge is 0.0979 e. The van der Waals surface area contributed by atoms with E-state index in [1.165, 1.54) is 43.4 Å². The molecule has 3 heteroatoms. The molecule has 0 atom stereocenters. The van der Waals surface area contributed by atoms with Gasteiger partial charge >= 0.3 is 0 Å². The maximum absolute atomic E-state index is 5.22. The molecule has 0 aliphatic heterocycles. The molecule has 0 radical (unpaired) electrons. The summed E-state index contributed by atoms with van der Waals surface area (Å²) in [4.78, 5) is 10.4. The van der Waals surface area contributed by atoms with Crippen LogP contribution in [0, 0.1) is 0 Å². The van der Waals surface area contributed by atoms with Crippen molar-refractivity contribution in [3.63, 3.8) is 0 Å². The number of fused-ring (bicyclic) bond motifs is 9. The Morgan fingerprint density at radius 1 is 0.383 bits per heavy atom. The highest BCUT2D eigenvalue weighted by Gasteiger charge is 2.19. The molecule has 8 aromatic carbocycles. The van der Waals surface area contributed by atoms with Crippen LogP contribution in [0.3, 0.4) is 0 Å². The fourth-order valence-corrected chi connectivity index (χ4v) is 7.43. The van der Waals surface area contributed by atoms with Gasteiger partial charge in [-0.05, 0) is 68.7 Å². The fraction of sp³-hybridized carbons (Fsp3) is 0. The van der Waals surface area contributed by atoms with Gasteiger partial charge in [0.25, 0.3) is 0 Å². The molecule has 0 amide bonds. The highest BCUT2D eigenvalue weighted by atomic mass is 15.0. The first-order valence-electron chi connectivity index (χ1n) is 16.0. The van der Waals surface area contributed by atoms with Gasteiger partial charge in [-0.3, -0.25) is 0 Å². The molecule has 0 N–H and O–H groups in total. The molecule has 0 unspecified atom stereocenters. The molecule has 47 heavy (non-hydrogen) atoms. The molecule has 0 spiro atoms. The van der Waals surface area contributed by atoms with Crippen molar-refractivity contribution < 1.29 is 0 Å². The SMILES string of the molecule is c1ccc(-c2nc3ccccc3nc2-c2cccc3cc(-n4c5ccc6ccccc6c5c5c6ccccc6ccc54)ccc23)cc1. The van der Waals surface area contributed by atoms with Crippen molar-refractivity contribution >= 4 is 65.2 Å². The second-order valence-electron chi connectivity index (χ2n) is 12.2. The minimum Gasteiger partial charge on any atom is -0.309 e. The Labute approximate surface area is 271 Å². The number of nitrogens with zero attached hydrogens (tertiary/aromatic N) is 3. The van der Waals surface area contributed by atoms with Gasteiger partial charge in [-0.2, -0.15) is 0 Å². The Kier molecular flexibility index (Phi) is 5.57. The first kappa shape index (κ1) is 26.0. The van der Waals surface area contributed by atoms with Gasteiger partial charge in [0.05, 0.1) is 33.5 Å². The summed E-state index contributed by atoms with van der Waals surface area (Å²) in [6, 6.07) is 58.4. The summed E-state index contributed by atoms with van der Waals surface area (Å²) < 4.78 is 2.43. The molecule has 218 valence electrons. The monoisotopic (exact) mass is 597 g/mol. The maximum atomic E-state index is 5.22. The van der Waals surface area contributed by atoms with Crippen LogP contribution in [-0.4, -0.2) is 14.5 Å². The van der Waals surface area contributed by atoms with Crippen molar-refractivity contribution in [2.75, 3.05) is 0 Å². The van der Waals surface area contributed by atoms with Crippen LogP contribution in [0.25, 0.3) is 93.4 Å². The molecule has 10 aromatic rings. The lowest BCUT2D eigenvalue weighted by atomic mass is 9.97. The molecule has 0 aliphatic carbocycles. The molecule has 2 aromatic heterocycles. The number of rotatable bonds is 3. The van der Waals surface area contributed by atoms with Gasteiger partial charge in [-0.25, -0.2) is 9.97 Å².